The van der Waals surface area contributed by atoms with E-state index < -0.39 is 0 Å². The third kappa shape index (κ3) is 3.07. The fraction of sp³-hybridized carbons (Fsp3) is 0.538. The molecule has 1 aliphatic rings. The van der Waals surface area contributed by atoms with Gasteiger partial charge in [0.2, 0.25) is 0 Å². The lowest BCUT2D eigenvalue weighted by Gasteiger charge is -2.19. The molecule has 0 radical (unpaired) electrons. The maximum absolute atomic E-state index is 6.22. The molecule has 1 aromatic carbocycles. The summed E-state index contributed by atoms with van der Waals surface area (Å²) in [6.07, 6.45) is 0. The van der Waals surface area contributed by atoms with Crippen molar-refractivity contribution in [3.8, 4) is 11.5 Å². The van der Waals surface area contributed by atoms with Crippen LogP contribution in [0.15, 0.2) is 12.1 Å². The van der Waals surface area contributed by atoms with Crippen LogP contribution >= 0.6 is 11.6 Å². The number of rotatable bonds is 3. The van der Waals surface area contributed by atoms with Gasteiger partial charge < -0.3 is 14.3 Å². The summed E-state index contributed by atoms with van der Waals surface area (Å²) in [5, 5.41) is 0.568. The van der Waals surface area contributed by atoms with Gasteiger partial charge >= 0.3 is 0 Å². The Bertz CT molecular complexity index is 434. The number of halogens is 1. The second kappa shape index (κ2) is 5.34. The maximum atomic E-state index is 6.22. The fourth-order valence-corrected chi connectivity index (χ4v) is 2.00. The summed E-state index contributed by atoms with van der Waals surface area (Å²) in [6.45, 7) is 5.96. The minimum atomic E-state index is -0.0205. The van der Waals surface area contributed by atoms with Gasteiger partial charge in [0.15, 0.2) is 11.5 Å². The molecule has 18 heavy (non-hydrogen) atoms. The summed E-state index contributed by atoms with van der Waals surface area (Å²) in [5.74, 6) is 1.32. The van der Waals surface area contributed by atoms with Gasteiger partial charge in [-0.2, -0.15) is 5.48 Å². The molecule has 1 N–H and O–H groups in total. The van der Waals surface area contributed by atoms with E-state index in [-0.39, 0.29) is 5.41 Å². The summed E-state index contributed by atoms with van der Waals surface area (Å²) in [6, 6.07) is 3.78. The van der Waals surface area contributed by atoms with E-state index in [9.17, 15) is 0 Å². The van der Waals surface area contributed by atoms with Crippen LogP contribution in [0.1, 0.15) is 19.4 Å². The molecule has 4 nitrogen and oxygen atoms in total. The van der Waals surface area contributed by atoms with Gasteiger partial charge in [-0.3, -0.25) is 0 Å². The van der Waals surface area contributed by atoms with Gasteiger partial charge in [-0.1, -0.05) is 25.4 Å². The van der Waals surface area contributed by atoms with E-state index in [1.54, 1.807) is 7.11 Å². The van der Waals surface area contributed by atoms with Crippen molar-refractivity contribution in [2.24, 2.45) is 5.41 Å². The lowest BCUT2D eigenvalue weighted by Crippen LogP contribution is -2.26. The molecule has 0 aromatic heterocycles. The van der Waals surface area contributed by atoms with E-state index in [0.717, 1.165) is 5.56 Å². The van der Waals surface area contributed by atoms with Crippen LogP contribution in [0.2, 0.25) is 5.02 Å². The number of hydroxylamine groups is 1. The monoisotopic (exact) mass is 271 g/mol. The molecule has 0 aliphatic carbocycles. The van der Waals surface area contributed by atoms with Gasteiger partial charge in [0.1, 0.15) is 0 Å². The quantitative estimate of drug-likeness (QED) is 0.858. The molecular weight excluding hydrogens is 254 g/mol. The Balaban J connectivity index is 2.25. The predicted octanol–water partition coefficient (Wildman–Crippen LogP) is 2.79. The fourth-order valence-electron chi connectivity index (χ4n) is 1.71. The zero-order chi connectivity index (χ0) is 13.2. The highest BCUT2D eigenvalue weighted by atomic mass is 35.5. The Morgan fingerprint density at radius 2 is 2.06 bits per heavy atom. The molecule has 100 valence electrons. The third-order valence-electron chi connectivity index (χ3n) is 2.72. The van der Waals surface area contributed by atoms with Crippen molar-refractivity contribution in [2.75, 3.05) is 20.3 Å². The van der Waals surface area contributed by atoms with Gasteiger partial charge in [-0.05, 0) is 17.7 Å². The topological polar surface area (TPSA) is 39.7 Å². The molecule has 0 unspecified atom stereocenters. The Labute approximate surface area is 112 Å². The number of hydrogen-bond acceptors (Lipinski definition) is 4. The average molecular weight is 272 g/mol. The van der Waals surface area contributed by atoms with Crippen LogP contribution in [0.5, 0.6) is 11.5 Å². The maximum Gasteiger partial charge on any atom is 0.179 e. The second-order valence-electron chi connectivity index (χ2n) is 5.17. The first-order valence-corrected chi connectivity index (χ1v) is 6.23. The second-order valence-corrected chi connectivity index (χ2v) is 5.58. The molecule has 1 aromatic rings. The van der Waals surface area contributed by atoms with Crippen molar-refractivity contribution in [1.29, 1.82) is 0 Å². The van der Waals surface area contributed by atoms with Crippen LogP contribution in [0.25, 0.3) is 0 Å². The number of ether oxygens (including phenoxy) is 2. The first kappa shape index (κ1) is 13.5. The van der Waals surface area contributed by atoms with E-state index in [4.69, 9.17) is 25.9 Å². The molecule has 1 heterocycles. The molecule has 5 heteroatoms. The third-order valence-corrected chi connectivity index (χ3v) is 3.00. The Kier molecular flexibility index (Phi) is 4.00. The summed E-state index contributed by atoms with van der Waals surface area (Å²) in [5.41, 5.74) is 3.74. The van der Waals surface area contributed by atoms with Gasteiger partial charge in [0.05, 0.1) is 25.3 Å². The van der Waals surface area contributed by atoms with Crippen molar-refractivity contribution < 1.29 is 14.3 Å². The van der Waals surface area contributed by atoms with E-state index in [0.29, 0.717) is 36.3 Å². The highest BCUT2D eigenvalue weighted by Crippen LogP contribution is 2.40. The minimum absolute atomic E-state index is 0.0205. The molecule has 0 amide bonds. The van der Waals surface area contributed by atoms with Crippen LogP contribution in [0.3, 0.4) is 0 Å². The van der Waals surface area contributed by atoms with E-state index in [1.807, 2.05) is 12.1 Å². The molecule has 0 fully saturated rings. The predicted molar refractivity (Wildman–Crippen MR) is 70.1 cm³/mol. The molecule has 0 atom stereocenters. The van der Waals surface area contributed by atoms with Crippen molar-refractivity contribution in [2.45, 2.75) is 20.4 Å². The molecule has 2 rings (SSSR count). The van der Waals surface area contributed by atoms with E-state index in [2.05, 4.69) is 19.3 Å². The number of benzene rings is 1. The SMILES string of the molecule is CONCc1cc(Cl)c2c(c1)OCC(C)(C)CO2. The highest BCUT2D eigenvalue weighted by Gasteiger charge is 2.26. The van der Waals surface area contributed by atoms with Crippen LogP contribution in [-0.4, -0.2) is 20.3 Å². The molecule has 0 bridgehead atoms. The summed E-state index contributed by atoms with van der Waals surface area (Å²) in [4.78, 5) is 4.82. The molecule has 0 saturated heterocycles. The summed E-state index contributed by atoms with van der Waals surface area (Å²) >= 11 is 6.22. The first-order valence-electron chi connectivity index (χ1n) is 5.86. The smallest absolute Gasteiger partial charge is 0.179 e. The summed E-state index contributed by atoms with van der Waals surface area (Å²) < 4.78 is 11.5. The lowest BCUT2D eigenvalue weighted by molar-refractivity contribution is 0.0866. The van der Waals surface area contributed by atoms with Crippen molar-refractivity contribution in [3.05, 3.63) is 22.7 Å². The van der Waals surface area contributed by atoms with E-state index >= 15 is 0 Å². The Hall–Kier alpha value is -0.970. The van der Waals surface area contributed by atoms with Crippen molar-refractivity contribution >= 4 is 11.6 Å². The summed E-state index contributed by atoms with van der Waals surface area (Å²) in [7, 11) is 1.58. The standard InChI is InChI=1S/C13H18ClNO3/c1-13(2)7-17-11-5-9(6-15-16-3)4-10(14)12(11)18-8-13/h4-5,15H,6-8H2,1-3H3. The number of hydrogen-bond donors (Lipinski definition) is 1. The van der Waals surface area contributed by atoms with Crippen LogP contribution in [-0.2, 0) is 11.4 Å². The molecule has 1 aliphatic heterocycles. The van der Waals surface area contributed by atoms with Crippen LogP contribution in [0.4, 0.5) is 0 Å². The molecule has 0 spiro atoms. The largest absolute Gasteiger partial charge is 0.489 e. The zero-order valence-corrected chi connectivity index (χ0v) is 11.6. The van der Waals surface area contributed by atoms with Crippen LogP contribution in [0, 0.1) is 5.41 Å². The van der Waals surface area contributed by atoms with Gasteiger partial charge in [0.25, 0.3) is 0 Å². The molecular formula is C13H18ClNO3. The zero-order valence-electron chi connectivity index (χ0n) is 10.9. The normalized spacial score (nSPS) is 17.3. The molecule has 0 saturated carbocycles. The minimum Gasteiger partial charge on any atom is -0.489 e. The highest BCUT2D eigenvalue weighted by molar-refractivity contribution is 6.32. The van der Waals surface area contributed by atoms with Crippen LogP contribution < -0.4 is 15.0 Å². The van der Waals surface area contributed by atoms with Gasteiger partial charge in [-0.15, -0.1) is 0 Å². The van der Waals surface area contributed by atoms with Gasteiger partial charge in [-0.25, -0.2) is 0 Å². The average Bonchev–Trinajstić information content (AvgIpc) is 2.46. The first-order chi connectivity index (χ1) is 8.52. The van der Waals surface area contributed by atoms with Crippen molar-refractivity contribution in [1.82, 2.24) is 5.48 Å². The number of nitrogens with one attached hydrogen (secondary N) is 1. The Morgan fingerprint density at radius 1 is 1.33 bits per heavy atom. The number of fused-ring (bicyclic) bond motifs is 1. The van der Waals surface area contributed by atoms with Crippen molar-refractivity contribution in [3.63, 3.8) is 0 Å². The van der Waals surface area contributed by atoms with Gasteiger partial charge in [0, 0.05) is 12.0 Å². The van der Waals surface area contributed by atoms with E-state index in [1.165, 1.54) is 0 Å². The Morgan fingerprint density at radius 3 is 2.78 bits per heavy atom. The lowest BCUT2D eigenvalue weighted by atomic mass is 9.97.